The van der Waals surface area contributed by atoms with Gasteiger partial charge in [0.05, 0.1) is 6.26 Å². The Morgan fingerprint density at radius 3 is 2.72 bits per heavy atom. The molecule has 1 saturated carbocycles. The van der Waals surface area contributed by atoms with Gasteiger partial charge in [0, 0.05) is 42.3 Å². The van der Waals surface area contributed by atoms with E-state index in [-0.39, 0.29) is 11.8 Å². The number of carbonyl (C=O) groups is 1. The molecule has 2 saturated heterocycles. The predicted octanol–water partition coefficient (Wildman–Crippen LogP) is 5.40. The Kier molecular flexibility index (Phi) is 7.13. The number of nitrogens with one attached hydrogen (secondary N) is 1. The maximum Gasteiger partial charge on any atom is 0.223 e. The normalized spacial score (nSPS) is 28.1. The highest BCUT2D eigenvalue weighted by Crippen LogP contribution is 2.36. The summed E-state index contributed by atoms with van der Waals surface area (Å²) in [6, 6.07) is 9.45. The summed E-state index contributed by atoms with van der Waals surface area (Å²) in [6.07, 6.45) is 13.6. The molecule has 5 nitrogen and oxygen atoms in total. The highest BCUT2D eigenvalue weighted by atomic mass is 16.5. The highest BCUT2D eigenvalue weighted by molar-refractivity contribution is 5.79. The number of likely N-dealkylation sites (tertiary alicyclic amines) is 1. The van der Waals surface area contributed by atoms with Crippen molar-refractivity contribution in [2.75, 3.05) is 26.3 Å². The molecule has 3 aliphatic heterocycles. The van der Waals surface area contributed by atoms with Gasteiger partial charge >= 0.3 is 0 Å². The van der Waals surface area contributed by atoms with Gasteiger partial charge in [-0.25, -0.2) is 0 Å². The van der Waals surface area contributed by atoms with Gasteiger partial charge in [-0.3, -0.25) is 9.69 Å². The molecular formula is C27H38N2O3. The molecule has 0 radical (unpaired) electrons. The first-order chi connectivity index (χ1) is 15.8. The third-order valence-corrected chi connectivity index (χ3v) is 8.06. The van der Waals surface area contributed by atoms with Gasteiger partial charge < -0.3 is 14.5 Å². The summed E-state index contributed by atoms with van der Waals surface area (Å²) in [5, 5.41) is 3.34. The minimum Gasteiger partial charge on any atom is -0.464 e. The fraction of sp³-hybridized carbons (Fsp3) is 0.667. The number of piperidine rings is 1. The van der Waals surface area contributed by atoms with Crippen LogP contribution < -0.4 is 5.32 Å². The Hall–Kier alpha value is -1.85. The summed E-state index contributed by atoms with van der Waals surface area (Å²) < 4.78 is 11.3. The number of ether oxygens (including phenoxy) is 1. The van der Waals surface area contributed by atoms with Gasteiger partial charge in [0.25, 0.3) is 0 Å². The molecule has 3 heterocycles. The molecule has 0 aromatic carbocycles. The van der Waals surface area contributed by atoms with Crippen molar-refractivity contribution in [1.29, 1.82) is 0 Å². The molecular weight excluding hydrogens is 400 g/mol. The van der Waals surface area contributed by atoms with Gasteiger partial charge in [-0.2, -0.15) is 0 Å². The van der Waals surface area contributed by atoms with E-state index in [4.69, 9.17) is 9.15 Å². The summed E-state index contributed by atoms with van der Waals surface area (Å²) in [5.74, 6) is 2.20. The summed E-state index contributed by atoms with van der Waals surface area (Å²) in [4.78, 5) is 15.2. The Balaban J connectivity index is 1.10. The number of rotatable bonds is 6. The van der Waals surface area contributed by atoms with Gasteiger partial charge in [-0.1, -0.05) is 18.6 Å². The van der Waals surface area contributed by atoms with Crippen LogP contribution in [0.4, 0.5) is 0 Å². The lowest BCUT2D eigenvalue weighted by Crippen LogP contribution is -2.42. The van der Waals surface area contributed by atoms with Crippen molar-refractivity contribution in [3.63, 3.8) is 0 Å². The molecule has 0 aromatic heterocycles. The van der Waals surface area contributed by atoms with Crippen LogP contribution in [0.25, 0.3) is 11.3 Å². The summed E-state index contributed by atoms with van der Waals surface area (Å²) in [7, 11) is 0. The zero-order valence-electron chi connectivity index (χ0n) is 19.3. The molecule has 0 spiro atoms. The van der Waals surface area contributed by atoms with E-state index in [2.05, 4.69) is 28.4 Å². The molecule has 1 N–H and O–H groups in total. The molecule has 0 bridgehead atoms. The van der Waals surface area contributed by atoms with E-state index in [0.717, 1.165) is 50.6 Å². The molecule has 5 aliphatic rings. The van der Waals surface area contributed by atoms with Crippen molar-refractivity contribution >= 4 is 5.91 Å². The standard InChI is InChI=1S/C27H38N2O3/c30-27(21-12-16-31-17-13-21)28-24-9-7-20(8-10-24)11-15-29-14-2-1-5-25(29)23-18-22-4-3-6-26(22)32-19-23/h3-4,6,18-21,24-25H,1-2,5,7-17H2,(H,28,30). The van der Waals surface area contributed by atoms with Crippen LogP contribution in [0.5, 0.6) is 0 Å². The Labute approximate surface area is 192 Å². The minimum absolute atomic E-state index is 0.164. The van der Waals surface area contributed by atoms with Crippen LogP contribution in [0.2, 0.25) is 0 Å². The van der Waals surface area contributed by atoms with Crippen LogP contribution in [-0.4, -0.2) is 43.2 Å². The Bertz CT molecular complexity index is 835. The van der Waals surface area contributed by atoms with Crippen LogP contribution >= 0.6 is 0 Å². The van der Waals surface area contributed by atoms with E-state index in [1.54, 1.807) is 0 Å². The largest absolute Gasteiger partial charge is 0.464 e. The van der Waals surface area contributed by atoms with Crippen molar-refractivity contribution < 1.29 is 13.9 Å². The molecule has 5 heteroatoms. The van der Waals surface area contributed by atoms with Gasteiger partial charge in [0.15, 0.2) is 0 Å². The monoisotopic (exact) mass is 438 g/mol. The first-order valence-electron chi connectivity index (χ1n) is 12.9. The van der Waals surface area contributed by atoms with Gasteiger partial charge in [0.2, 0.25) is 5.91 Å². The topological polar surface area (TPSA) is 54.7 Å². The number of fused-ring (bicyclic) bond motifs is 1. The van der Waals surface area contributed by atoms with E-state index in [1.165, 1.54) is 62.7 Å². The zero-order chi connectivity index (χ0) is 21.8. The van der Waals surface area contributed by atoms with Gasteiger partial charge in [0.1, 0.15) is 5.76 Å². The van der Waals surface area contributed by atoms with E-state index in [0.29, 0.717) is 12.1 Å². The second kappa shape index (κ2) is 10.4. The molecule has 1 atom stereocenters. The SMILES string of the molecule is O=C(NC1CCC(CCN2CCCCC2c2coc3cccc-3c2)CC1)C1CCOCC1. The molecule has 1 unspecified atom stereocenters. The van der Waals surface area contributed by atoms with Gasteiger partial charge in [-0.15, -0.1) is 0 Å². The summed E-state index contributed by atoms with van der Waals surface area (Å²) in [5.41, 5.74) is 2.55. The second-order valence-electron chi connectivity index (χ2n) is 10.2. The lowest BCUT2D eigenvalue weighted by molar-refractivity contribution is -0.128. The lowest BCUT2D eigenvalue weighted by atomic mass is 9.83. The van der Waals surface area contributed by atoms with E-state index in [9.17, 15) is 4.79 Å². The molecule has 32 heavy (non-hydrogen) atoms. The van der Waals surface area contributed by atoms with Crippen molar-refractivity contribution in [3.05, 3.63) is 36.1 Å². The van der Waals surface area contributed by atoms with Crippen molar-refractivity contribution in [2.24, 2.45) is 11.8 Å². The molecule has 174 valence electrons. The van der Waals surface area contributed by atoms with Crippen molar-refractivity contribution in [1.82, 2.24) is 10.2 Å². The third kappa shape index (κ3) is 5.20. The zero-order valence-corrected chi connectivity index (χ0v) is 19.3. The number of nitrogens with zero attached hydrogens (tertiary/aromatic N) is 1. The maximum absolute atomic E-state index is 12.5. The van der Waals surface area contributed by atoms with Crippen LogP contribution in [0.3, 0.4) is 0 Å². The summed E-state index contributed by atoms with van der Waals surface area (Å²) in [6.45, 7) is 3.84. The van der Waals surface area contributed by atoms with E-state index >= 15 is 0 Å². The van der Waals surface area contributed by atoms with Crippen LogP contribution in [-0.2, 0) is 9.53 Å². The minimum atomic E-state index is 0.164. The molecule has 5 rings (SSSR count). The van der Waals surface area contributed by atoms with Gasteiger partial charge in [-0.05, 0) is 88.9 Å². The highest BCUT2D eigenvalue weighted by Gasteiger charge is 2.29. The van der Waals surface area contributed by atoms with E-state index < -0.39 is 0 Å². The van der Waals surface area contributed by atoms with Crippen LogP contribution in [0, 0.1) is 11.8 Å². The number of amides is 1. The number of carbonyl (C=O) groups excluding carboxylic acids is 1. The average Bonchev–Trinajstić information content (AvgIpc) is 3.32. The average molecular weight is 439 g/mol. The summed E-state index contributed by atoms with van der Waals surface area (Å²) >= 11 is 0. The van der Waals surface area contributed by atoms with Crippen molar-refractivity contribution in [2.45, 2.75) is 76.3 Å². The molecule has 3 fully saturated rings. The number of hydrogen-bond donors (Lipinski definition) is 1. The third-order valence-electron chi connectivity index (χ3n) is 8.06. The first kappa shape index (κ1) is 22.0. The van der Waals surface area contributed by atoms with Crippen molar-refractivity contribution in [3.8, 4) is 11.3 Å². The maximum atomic E-state index is 12.5. The Morgan fingerprint density at radius 2 is 1.88 bits per heavy atom. The van der Waals surface area contributed by atoms with E-state index in [1.807, 2.05) is 12.3 Å². The first-order valence-corrected chi connectivity index (χ1v) is 12.9. The molecule has 0 aromatic rings. The second-order valence-corrected chi connectivity index (χ2v) is 10.2. The van der Waals surface area contributed by atoms with Crippen LogP contribution in [0.15, 0.2) is 34.9 Å². The fourth-order valence-corrected chi connectivity index (χ4v) is 6.02. The quantitative estimate of drug-likeness (QED) is 0.656. The number of hydrogen-bond acceptors (Lipinski definition) is 4. The Morgan fingerprint density at radius 1 is 1.03 bits per heavy atom. The predicted molar refractivity (Wildman–Crippen MR) is 126 cm³/mol. The fourth-order valence-electron chi connectivity index (χ4n) is 6.02. The molecule has 1 amide bonds. The molecule has 2 aliphatic carbocycles. The van der Waals surface area contributed by atoms with Crippen LogP contribution in [0.1, 0.15) is 75.8 Å². The lowest BCUT2D eigenvalue weighted by Gasteiger charge is -2.37. The smallest absolute Gasteiger partial charge is 0.223 e.